The molecule has 0 aliphatic carbocycles. The van der Waals surface area contributed by atoms with Crippen molar-refractivity contribution in [2.45, 2.75) is 0 Å². The molecule has 1 N–H and O–H groups in total. The van der Waals surface area contributed by atoms with Gasteiger partial charge in [0.25, 0.3) is 5.56 Å². The number of aromatic nitrogens is 2. The van der Waals surface area contributed by atoms with Crippen LogP contribution in [0, 0.1) is 11.3 Å². The normalized spacial score (nSPS) is 15.9. The number of nitrogens with zero attached hydrogens (tertiary/aromatic N) is 4. The van der Waals surface area contributed by atoms with Crippen molar-refractivity contribution in [3.05, 3.63) is 34.3 Å². The summed E-state index contributed by atoms with van der Waals surface area (Å²) in [6.07, 6.45) is 1.49. The number of H-pyrrole nitrogens is 1. The molecule has 108 valence electrons. The van der Waals surface area contributed by atoms with Crippen molar-refractivity contribution < 1.29 is 4.42 Å². The molecule has 0 unspecified atom stereocenters. The first-order valence-corrected chi connectivity index (χ1v) is 6.71. The monoisotopic (exact) mass is 285 g/mol. The van der Waals surface area contributed by atoms with Gasteiger partial charge in [-0.3, -0.25) is 9.78 Å². The highest BCUT2D eigenvalue weighted by molar-refractivity contribution is 5.62. The van der Waals surface area contributed by atoms with Crippen LogP contribution in [0.1, 0.15) is 5.56 Å². The maximum absolute atomic E-state index is 12.1. The second-order valence-electron chi connectivity index (χ2n) is 4.99. The fraction of sp³-hybridized carbons (Fsp3) is 0.357. The number of aromatic amines is 1. The fourth-order valence-electron chi connectivity index (χ4n) is 2.32. The lowest BCUT2D eigenvalue weighted by atomic mass is 10.2. The zero-order chi connectivity index (χ0) is 14.8. The van der Waals surface area contributed by atoms with Crippen molar-refractivity contribution in [3.63, 3.8) is 0 Å². The minimum atomic E-state index is -0.437. The molecule has 3 rings (SSSR count). The second-order valence-corrected chi connectivity index (χ2v) is 4.99. The Morgan fingerprint density at radius 3 is 2.76 bits per heavy atom. The summed E-state index contributed by atoms with van der Waals surface area (Å²) in [4.78, 5) is 23.4. The lowest BCUT2D eigenvalue weighted by Gasteiger charge is -2.32. The third-order valence-electron chi connectivity index (χ3n) is 3.58. The van der Waals surface area contributed by atoms with E-state index in [0.29, 0.717) is 17.4 Å². The van der Waals surface area contributed by atoms with Crippen LogP contribution in [-0.4, -0.2) is 48.1 Å². The van der Waals surface area contributed by atoms with E-state index < -0.39 is 5.56 Å². The van der Waals surface area contributed by atoms with Crippen LogP contribution in [0.15, 0.2) is 27.6 Å². The maximum atomic E-state index is 12.1. The van der Waals surface area contributed by atoms with Crippen LogP contribution in [0.3, 0.4) is 0 Å². The van der Waals surface area contributed by atoms with E-state index in [4.69, 9.17) is 9.68 Å². The molecule has 0 amide bonds. The van der Waals surface area contributed by atoms with Crippen LogP contribution < -0.4 is 10.5 Å². The molecule has 1 fully saturated rings. The average molecular weight is 285 g/mol. The number of likely N-dealkylation sites (N-methyl/N-ethyl adjacent to an activating group) is 1. The van der Waals surface area contributed by atoms with Gasteiger partial charge in [-0.25, -0.2) is 4.98 Å². The molecule has 1 aliphatic rings. The summed E-state index contributed by atoms with van der Waals surface area (Å²) in [5.41, 5.74) is -0.171. The summed E-state index contributed by atoms with van der Waals surface area (Å²) in [6, 6.07) is 5.29. The second kappa shape index (κ2) is 5.42. The first-order chi connectivity index (χ1) is 10.2. The lowest BCUT2D eigenvalue weighted by Crippen LogP contribution is -2.45. The molecular formula is C14H15N5O2. The van der Waals surface area contributed by atoms with Crippen LogP contribution in [0.4, 0.5) is 5.95 Å². The van der Waals surface area contributed by atoms with Crippen LogP contribution in [0.5, 0.6) is 0 Å². The lowest BCUT2D eigenvalue weighted by molar-refractivity contribution is 0.311. The van der Waals surface area contributed by atoms with Gasteiger partial charge in [-0.1, -0.05) is 0 Å². The van der Waals surface area contributed by atoms with E-state index in [9.17, 15) is 4.79 Å². The van der Waals surface area contributed by atoms with E-state index in [1.165, 1.54) is 6.26 Å². The Balaban J connectivity index is 2.04. The molecular weight excluding hydrogens is 270 g/mol. The average Bonchev–Trinajstić information content (AvgIpc) is 3.01. The van der Waals surface area contributed by atoms with Gasteiger partial charge in [0.15, 0.2) is 5.76 Å². The zero-order valence-corrected chi connectivity index (χ0v) is 11.7. The van der Waals surface area contributed by atoms with E-state index >= 15 is 0 Å². The van der Waals surface area contributed by atoms with E-state index in [-0.39, 0.29) is 5.56 Å². The molecule has 0 bridgehead atoms. The molecule has 0 radical (unpaired) electrons. The molecule has 1 aliphatic heterocycles. The first kappa shape index (κ1) is 13.4. The Morgan fingerprint density at radius 1 is 1.38 bits per heavy atom. The van der Waals surface area contributed by atoms with E-state index in [2.05, 4.69) is 21.9 Å². The van der Waals surface area contributed by atoms with Crippen molar-refractivity contribution in [1.29, 1.82) is 5.26 Å². The first-order valence-electron chi connectivity index (χ1n) is 6.71. The largest absolute Gasteiger partial charge is 0.463 e. The van der Waals surface area contributed by atoms with Gasteiger partial charge in [0.2, 0.25) is 5.95 Å². The number of rotatable bonds is 2. The van der Waals surface area contributed by atoms with Crippen molar-refractivity contribution in [1.82, 2.24) is 14.9 Å². The Hall–Kier alpha value is -2.59. The quantitative estimate of drug-likeness (QED) is 0.871. The van der Waals surface area contributed by atoms with Crippen LogP contribution in [0.25, 0.3) is 11.5 Å². The SMILES string of the molecule is CN1CCN(c2nc(-c3ccco3)c(C#N)c(=O)[nH]2)CC1. The molecule has 7 nitrogen and oxygen atoms in total. The molecule has 0 saturated carbocycles. The Labute approximate surface area is 121 Å². The topological polar surface area (TPSA) is 89.2 Å². The highest BCUT2D eigenvalue weighted by Crippen LogP contribution is 2.21. The van der Waals surface area contributed by atoms with Crippen molar-refractivity contribution in [3.8, 4) is 17.5 Å². The Kier molecular flexibility index (Phi) is 3.46. The van der Waals surface area contributed by atoms with E-state index in [1.54, 1.807) is 12.1 Å². The van der Waals surface area contributed by atoms with Gasteiger partial charge in [0.1, 0.15) is 17.3 Å². The van der Waals surface area contributed by atoms with Crippen molar-refractivity contribution in [2.24, 2.45) is 0 Å². The maximum Gasteiger partial charge on any atom is 0.271 e. The number of hydrogen-bond donors (Lipinski definition) is 1. The summed E-state index contributed by atoms with van der Waals surface area (Å²) in [5, 5.41) is 9.16. The smallest absolute Gasteiger partial charge is 0.271 e. The van der Waals surface area contributed by atoms with Crippen LogP contribution in [-0.2, 0) is 0 Å². The third kappa shape index (κ3) is 2.53. The fourth-order valence-corrected chi connectivity index (χ4v) is 2.32. The Bertz CT molecular complexity index is 721. The highest BCUT2D eigenvalue weighted by atomic mass is 16.3. The number of anilines is 1. The molecule has 2 aromatic rings. The highest BCUT2D eigenvalue weighted by Gasteiger charge is 2.20. The van der Waals surface area contributed by atoms with Crippen LogP contribution in [0.2, 0.25) is 0 Å². The molecule has 0 atom stereocenters. The Morgan fingerprint density at radius 2 is 2.14 bits per heavy atom. The molecule has 21 heavy (non-hydrogen) atoms. The van der Waals surface area contributed by atoms with Gasteiger partial charge in [-0.05, 0) is 19.2 Å². The minimum absolute atomic E-state index is 0.0252. The molecule has 2 aromatic heterocycles. The molecule has 1 saturated heterocycles. The van der Waals surface area contributed by atoms with Crippen molar-refractivity contribution >= 4 is 5.95 Å². The minimum Gasteiger partial charge on any atom is -0.463 e. The number of nitriles is 1. The summed E-state index contributed by atoms with van der Waals surface area (Å²) in [7, 11) is 2.06. The summed E-state index contributed by atoms with van der Waals surface area (Å²) >= 11 is 0. The van der Waals surface area contributed by atoms with E-state index in [1.807, 2.05) is 11.0 Å². The predicted molar refractivity (Wildman–Crippen MR) is 77.0 cm³/mol. The van der Waals surface area contributed by atoms with E-state index in [0.717, 1.165) is 26.2 Å². The summed E-state index contributed by atoms with van der Waals surface area (Å²) in [5.74, 6) is 0.909. The standard InChI is InChI=1S/C14H15N5O2/c1-18-4-6-19(7-5-18)14-16-12(11-3-2-8-21-11)10(9-15)13(20)17-14/h2-3,8H,4-7H2,1H3,(H,16,17,20). The summed E-state index contributed by atoms with van der Waals surface area (Å²) < 4.78 is 5.28. The summed E-state index contributed by atoms with van der Waals surface area (Å²) in [6.45, 7) is 3.37. The zero-order valence-electron chi connectivity index (χ0n) is 11.7. The van der Waals surface area contributed by atoms with Gasteiger partial charge in [0.05, 0.1) is 6.26 Å². The number of nitrogens with one attached hydrogen (secondary N) is 1. The molecule has 0 spiro atoms. The molecule has 3 heterocycles. The van der Waals surface area contributed by atoms with Gasteiger partial charge < -0.3 is 14.2 Å². The van der Waals surface area contributed by atoms with Gasteiger partial charge in [-0.2, -0.15) is 5.26 Å². The third-order valence-corrected chi connectivity index (χ3v) is 3.58. The number of furan rings is 1. The molecule has 0 aromatic carbocycles. The number of piperazine rings is 1. The van der Waals surface area contributed by atoms with Crippen LogP contribution >= 0.6 is 0 Å². The van der Waals surface area contributed by atoms with Gasteiger partial charge in [0, 0.05) is 26.2 Å². The molecule has 7 heteroatoms. The number of hydrogen-bond acceptors (Lipinski definition) is 6. The van der Waals surface area contributed by atoms with Crippen molar-refractivity contribution in [2.75, 3.05) is 38.1 Å². The predicted octanol–water partition coefficient (Wildman–Crippen LogP) is 0.653. The van der Waals surface area contributed by atoms with Gasteiger partial charge in [-0.15, -0.1) is 0 Å². The van der Waals surface area contributed by atoms with Gasteiger partial charge >= 0.3 is 0 Å².